The summed E-state index contributed by atoms with van der Waals surface area (Å²) in [4.78, 5) is 30.6. The molecule has 2 aliphatic heterocycles. The molecule has 2 fully saturated rings. The molecule has 2 aromatic rings. The van der Waals surface area contributed by atoms with Gasteiger partial charge >= 0.3 is 0 Å². The first-order valence-corrected chi connectivity index (χ1v) is 13.2. The highest BCUT2D eigenvalue weighted by Gasteiger charge is 2.46. The lowest BCUT2D eigenvalue weighted by molar-refractivity contribution is -0.140. The van der Waals surface area contributed by atoms with Crippen molar-refractivity contribution in [3.8, 4) is 11.5 Å². The molecule has 0 aliphatic carbocycles. The zero-order valence-electron chi connectivity index (χ0n) is 22.4. The van der Waals surface area contributed by atoms with Gasteiger partial charge in [-0.25, -0.2) is 0 Å². The number of carbonyl (C=O) groups is 2. The second kappa shape index (κ2) is 13.3. The number of likely N-dealkylation sites (tertiary alicyclic amines) is 1. The van der Waals surface area contributed by atoms with Crippen LogP contribution in [0.1, 0.15) is 29.2 Å². The number of nitrogens with zero attached hydrogens (tertiary/aromatic N) is 2. The Morgan fingerprint density at radius 2 is 1.64 bits per heavy atom. The van der Waals surface area contributed by atoms with Gasteiger partial charge in [-0.05, 0) is 54.8 Å². The Kier molecular flexibility index (Phi) is 9.57. The molecule has 4 rings (SSSR count). The third-order valence-corrected chi connectivity index (χ3v) is 6.90. The Bertz CT molecular complexity index is 1230. The lowest BCUT2D eigenvalue weighted by Gasteiger charge is -2.29. The standard InChI is InChI=1S/C31H36N2O6/c1-4-17-38-24-9-7-23(8-10-24)28-27(29(34)26-12-11-25(21-22(26)3)39-18-5-2)30(35)31(36)33(28)14-6-13-32-15-19-37-20-16-32/h4-5,7-12,21,28,34H,1-2,6,13-20H2,3H3/b29-27-. The lowest BCUT2D eigenvalue weighted by atomic mass is 9.93. The first-order valence-electron chi connectivity index (χ1n) is 13.2. The van der Waals surface area contributed by atoms with Gasteiger partial charge in [0, 0.05) is 31.7 Å². The Balaban J connectivity index is 1.67. The topological polar surface area (TPSA) is 88.5 Å². The summed E-state index contributed by atoms with van der Waals surface area (Å²) in [6.07, 6.45) is 4.00. The predicted molar refractivity (Wildman–Crippen MR) is 150 cm³/mol. The summed E-state index contributed by atoms with van der Waals surface area (Å²) in [5, 5.41) is 11.5. The fraction of sp³-hybridized carbons (Fsp3) is 0.355. The van der Waals surface area contributed by atoms with Gasteiger partial charge in [-0.3, -0.25) is 14.5 Å². The van der Waals surface area contributed by atoms with Crippen LogP contribution in [0.5, 0.6) is 11.5 Å². The molecule has 1 unspecified atom stereocenters. The number of morpholine rings is 1. The maximum absolute atomic E-state index is 13.4. The number of carbonyl (C=O) groups excluding carboxylic acids is 2. The minimum Gasteiger partial charge on any atom is -0.507 e. The van der Waals surface area contributed by atoms with Crippen LogP contribution in [-0.4, -0.2) is 79.2 Å². The van der Waals surface area contributed by atoms with E-state index >= 15 is 0 Å². The smallest absolute Gasteiger partial charge is 0.295 e. The molecule has 8 nitrogen and oxygen atoms in total. The molecular formula is C31H36N2O6. The SMILES string of the molecule is C=CCOc1ccc(C2/C(=C(/O)c3ccc(OCC=C)cc3C)C(=O)C(=O)N2CCCN2CCOCC2)cc1. The molecule has 2 aromatic carbocycles. The molecular weight excluding hydrogens is 496 g/mol. The van der Waals surface area contributed by atoms with E-state index in [9.17, 15) is 14.7 Å². The van der Waals surface area contributed by atoms with Crippen LogP contribution in [0, 0.1) is 6.92 Å². The Morgan fingerprint density at radius 1 is 1.00 bits per heavy atom. The highest BCUT2D eigenvalue weighted by molar-refractivity contribution is 6.46. The molecule has 39 heavy (non-hydrogen) atoms. The number of aryl methyl sites for hydroxylation is 1. The molecule has 2 aliphatic rings. The van der Waals surface area contributed by atoms with E-state index in [0.29, 0.717) is 56.5 Å². The van der Waals surface area contributed by atoms with E-state index in [2.05, 4.69) is 18.1 Å². The van der Waals surface area contributed by atoms with Crippen molar-refractivity contribution in [2.75, 3.05) is 52.6 Å². The fourth-order valence-electron chi connectivity index (χ4n) is 4.94. The van der Waals surface area contributed by atoms with Crippen LogP contribution in [0.15, 0.2) is 73.3 Å². The van der Waals surface area contributed by atoms with Gasteiger partial charge in [0.05, 0.1) is 24.8 Å². The first kappa shape index (κ1) is 28.1. The quantitative estimate of drug-likeness (QED) is 0.189. The highest BCUT2D eigenvalue weighted by atomic mass is 16.5. The molecule has 0 aromatic heterocycles. The minimum atomic E-state index is -0.723. The molecule has 1 atom stereocenters. The predicted octanol–water partition coefficient (Wildman–Crippen LogP) is 4.27. The molecule has 206 valence electrons. The number of amides is 1. The molecule has 1 N–H and O–H groups in total. The largest absolute Gasteiger partial charge is 0.507 e. The molecule has 0 saturated carbocycles. The van der Waals surface area contributed by atoms with E-state index in [-0.39, 0.29) is 11.3 Å². The van der Waals surface area contributed by atoms with Crippen LogP contribution in [0.2, 0.25) is 0 Å². The Hall–Kier alpha value is -3.88. The third kappa shape index (κ3) is 6.58. The van der Waals surface area contributed by atoms with E-state index in [4.69, 9.17) is 14.2 Å². The van der Waals surface area contributed by atoms with Gasteiger partial charge in [0.15, 0.2) is 0 Å². The van der Waals surface area contributed by atoms with Crippen molar-refractivity contribution >= 4 is 17.4 Å². The number of benzene rings is 2. The summed E-state index contributed by atoms with van der Waals surface area (Å²) in [5.41, 5.74) is 1.99. The molecule has 0 spiro atoms. The first-order chi connectivity index (χ1) is 18.9. The number of aliphatic hydroxyl groups is 1. The zero-order valence-corrected chi connectivity index (χ0v) is 22.4. The summed E-state index contributed by atoms with van der Waals surface area (Å²) < 4.78 is 16.6. The number of Topliss-reactive ketones (excluding diaryl/α,β-unsaturated/α-hetero) is 1. The summed E-state index contributed by atoms with van der Waals surface area (Å²) in [6, 6.07) is 11.7. The average molecular weight is 533 g/mol. The number of rotatable bonds is 12. The van der Waals surface area contributed by atoms with E-state index in [1.54, 1.807) is 47.4 Å². The van der Waals surface area contributed by atoms with Gasteiger partial charge in [0.1, 0.15) is 30.5 Å². The van der Waals surface area contributed by atoms with E-state index in [1.165, 1.54) is 0 Å². The monoisotopic (exact) mass is 532 g/mol. The third-order valence-electron chi connectivity index (χ3n) is 6.90. The fourth-order valence-corrected chi connectivity index (χ4v) is 4.94. The van der Waals surface area contributed by atoms with Crippen molar-refractivity contribution in [3.05, 3.63) is 90.0 Å². The van der Waals surface area contributed by atoms with Crippen molar-refractivity contribution in [2.24, 2.45) is 0 Å². The van der Waals surface area contributed by atoms with Gasteiger partial charge < -0.3 is 24.2 Å². The second-order valence-corrected chi connectivity index (χ2v) is 9.55. The summed E-state index contributed by atoms with van der Waals surface area (Å²) >= 11 is 0. The maximum Gasteiger partial charge on any atom is 0.295 e. The van der Waals surface area contributed by atoms with Crippen LogP contribution in [-0.2, 0) is 14.3 Å². The molecule has 2 saturated heterocycles. The van der Waals surface area contributed by atoms with Crippen molar-refractivity contribution in [3.63, 3.8) is 0 Å². The van der Waals surface area contributed by atoms with Crippen LogP contribution >= 0.6 is 0 Å². The molecule has 0 radical (unpaired) electrons. The lowest BCUT2D eigenvalue weighted by Crippen LogP contribution is -2.38. The normalized spacial score (nSPS) is 19.2. The van der Waals surface area contributed by atoms with Crippen LogP contribution < -0.4 is 9.47 Å². The average Bonchev–Trinajstić information content (AvgIpc) is 3.20. The summed E-state index contributed by atoms with van der Waals surface area (Å²) in [7, 11) is 0. The van der Waals surface area contributed by atoms with Crippen molar-refractivity contribution < 1.29 is 28.9 Å². The molecule has 2 heterocycles. The van der Waals surface area contributed by atoms with Crippen molar-refractivity contribution in [2.45, 2.75) is 19.4 Å². The number of hydrogen-bond donors (Lipinski definition) is 1. The van der Waals surface area contributed by atoms with Gasteiger partial charge in [-0.15, -0.1) is 0 Å². The number of hydrogen-bond acceptors (Lipinski definition) is 7. The van der Waals surface area contributed by atoms with E-state index in [1.807, 2.05) is 19.1 Å². The Morgan fingerprint density at radius 3 is 2.28 bits per heavy atom. The summed E-state index contributed by atoms with van der Waals surface area (Å²) in [6.45, 7) is 14.1. The zero-order chi connectivity index (χ0) is 27.8. The molecule has 1 amide bonds. The van der Waals surface area contributed by atoms with Gasteiger partial charge in [0.25, 0.3) is 11.7 Å². The maximum atomic E-state index is 13.4. The molecule has 8 heteroatoms. The second-order valence-electron chi connectivity index (χ2n) is 9.55. The number of ketones is 1. The van der Waals surface area contributed by atoms with Gasteiger partial charge in [-0.2, -0.15) is 0 Å². The minimum absolute atomic E-state index is 0.0778. The van der Waals surface area contributed by atoms with Crippen molar-refractivity contribution in [1.29, 1.82) is 0 Å². The highest BCUT2D eigenvalue weighted by Crippen LogP contribution is 2.40. The van der Waals surface area contributed by atoms with Crippen LogP contribution in [0.3, 0.4) is 0 Å². The Labute approximate surface area is 229 Å². The van der Waals surface area contributed by atoms with Crippen molar-refractivity contribution in [1.82, 2.24) is 9.80 Å². The summed E-state index contributed by atoms with van der Waals surface area (Å²) in [5.74, 6) is -0.233. The van der Waals surface area contributed by atoms with Gasteiger partial charge in [0.2, 0.25) is 0 Å². The molecule has 0 bridgehead atoms. The number of ether oxygens (including phenoxy) is 3. The van der Waals surface area contributed by atoms with Crippen LogP contribution in [0.25, 0.3) is 5.76 Å². The number of aliphatic hydroxyl groups excluding tert-OH is 1. The van der Waals surface area contributed by atoms with E-state index in [0.717, 1.165) is 30.8 Å². The van der Waals surface area contributed by atoms with Crippen LogP contribution in [0.4, 0.5) is 0 Å². The van der Waals surface area contributed by atoms with Gasteiger partial charge in [-0.1, -0.05) is 37.4 Å². The van der Waals surface area contributed by atoms with E-state index < -0.39 is 17.7 Å².